The van der Waals surface area contributed by atoms with E-state index in [1.807, 2.05) is 38.1 Å². The quantitative estimate of drug-likeness (QED) is 0.884. The number of carbonyl (C=O) groups excluding carboxylic acids is 1. The molecule has 4 heteroatoms. The number of hydrogen-bond donors (Lipinski definition) is 2. The van der Waals surface area contributed by atoms with Crippen LogP contribution in [0.25, 0.3) is 0 Å². The van der Waals surface area contributed by atoms with Crippen LogP contribution in [0.2, 0.25) is 0 Å². The Hall–Kier alpha value is -1.39. The van der Waals surface area contributed by atoms with Crippen molar-refractivity contribution in [2.75, 3.05) is 25.0 Å². The fourth-order valence-electron chi connectivity index (χ4n) is 2.66. The molecule has 1 atom stereocenters. The number of nitrogens with one attached hydrogen (secondary N) is 1. The second kappa shape index (κ2) is 6.86. The van der Waals surface area contributed by atoms with E-state index in [9.17, 15) is 4.79 Å². The maximum absolute atomic E-state index is 12.3. The first-order valence-corrected chi connectivity index (χ1v) is 7.32. The van der Waals surface area contributed by atoms with Gasteiger partial charge in [0.1, 0.15) is 0 Å². The SMILES string of the molecule is Cc1cccc(NC(=O)C(C)N2CCC(CO)CC2)c1. The van der Waals surface area contributed by atoms with Crippen LogP contribution in [-0.2, 0) is 4.79 Å². The Balaban J connectivity index is 1.89. The summed E-state index contributed by atoms with van der Waals surface area (Å²) >= 11 is 0. The molecular formula is C16H24N2O2. The summed E-state index contributed by atoms with van der Waals surface area (Å²) < 4.78 is 0. The third-order valence-electron chi connectivity index (χ3n) is 4.12. The minimum absolute atomic E-state index is 0.0399. The Morgan fingerprint density at radius 3 is 2.75 bits per heavy atom. The molecule has 1 fully saturated rings. The van der Waals surface area contributed by atoms with Crippen molar-refractivity contribution in [3.05, 3.63) is 29.8 Å². The number of likely N-dealkylation sites (tertiary alicyclic amines) is 1. The van der Waals surface area contributed by atoms with Gasteiger partial charge >= 0.3 is 0 Å². The van der Waals surface area contributed by atoms with Gasteiger partial charge in [-0.15, -0.1) is 0 Å². The molecule has 1 aromatic carbocycles. The van der Waals surface area contributed by atoms with Crippen molar-refractivity contribution >= 4 is 11.6 Å². The lowest BCUT2D eigenvalue weighted by atomic mass is 9.97. The monoisotopic (exact) mass is 276 g/mol. The van der Waals surface area contributed by atoms with Crippen LogP contribution in [0.1, 0.15) is 25.3 Å². The first-order chi connectivity index (χ1) is 9.60. The molecule has 20 heavy (non-hydrogen) atoms. The number of aryl methyl sites for hydroxylation is 1. The van der Waals surface area contributed by atoms with Crippen molar-refractivity contribution in [2.45, 2.75) is 32.7 Å². The summed E-state index contributed by atoms with van der Waals surface area (Å²) in [4.78, 5) is 14.5. The van der Waals surface area contributed by atoms with E-state index in [0.29, 0.717) is 5.92 Å². The van der Waals surface area contributed by atoms with Gasteiger partial charge in [-0.25, -0.2) is 0 Å². The van der Waals surface area contributed by atoms with E-state index in [-0.39, 0.29) is 18.6 Å². The molecule has 0 aromatic heterocycles. The zero-order valence-corrected chi connectivity index (χ0v) is 12.3. The van der Waals surface area contributed by atoms with E-state index in [1.165, 1.54) is 0 Å². The number of aliphatic hydroxyl groups is 1. The Kier molecular flexibility index (Phi) is 5.15. The number of hydrogen-bond acceptors (Lipinski definition) is 3. The van der Waals surface area contributed by atoms with Crippen molar-refractivity contribution in [1.82, 2.24) is 4.90 Å². The smallest absolute Gasteiger partial charge is 0.241 e. The second-order valence-electron chi connectivity index (χ2n) is 5.70. The summed E-state index contributed by atoms with van der Waals surface area (Å²) in [6, 6.07) is 7.72. The van der Waals surface area contributed by atoms with E-state index in [4.69, 9.17) is 5.11 Å². The predicted molar refractivity (Wildman–Crippen MR) is 80.7 cm³/mol. The van der Waals surface area contributed by atoms with Gasteiger partial charge in [0.25, 0.3) is 0 Å². The lowest BCUT2D eigenvalue weighted by Crippen LogP contribution is -2.46. The molecule has 1 unspecified atom stereocenters. The topological polar surface area (TPSA) is 52.6 Å². The fraction of sp³-hybridized carbons (Fsp3) is 0.562. The highest BCUT2D eigenvalue weighted by atomic mass is 16.3. The average Bonchev–Trinajstić information content (AvgIpc) is 2.46. The van der Waals surface area contributed by atoms with Gasteiger partial charge in [-0.3, -0.25) is 9.69 Å². The van der Waals surface area contributed by atoms with Crippen molar-refractivity contribution in [3.63, 3.8) is 0 Å². The molecule has 0 bridgehead atoms. The molecule has 4 nitrogen and oxygen atoms in total. The van der Waals surface area contributed by atoms with Crippen molar-refractivity contribution in [3.8, 4) is 0 Å². The van der Waals surface area contributed by atoms with Gasteiger partial charge in [-0.05, 0) is 63.4 Å². The lowest BCUT2D eigenvalue weighted by molar-refractivity contribution is -0.121. The molecule has 1 heterocycles. The number of amides is 1. The predicted octanol–water partition coefficient (Wildman–Crippen LogP) is 2.03. The molecule has 1 aromatic rings. The number of carbonyl (C=O) groups is 1. The van der Waals surface area contributed by atoms with E-state index < -0.39 is 0 Å². The molecule has 1 aliphatic rings. The summed E-state index contributed by atoms with van der Waals surface area (Å²) in [5, 5.41) is 12.1. The van der Waals surface area contributed by atoms with Crippen LogP contribution in [0.3, 0.4) is 0 Å². The summed E-state index contributed by atoms with van der Waals surface area (Å²) in [6.07, 6.45) is 1.94. The van der Waals surface area contributed by atoms with Gasteiger partial charge in [-0.1, -0.05) is 12.1 Å². The summed E-state index contributed by atoms with van der Waals surface area (Å²) in [5.74, 6) is 0.441. The van der Waals surface area contributed by atoms with Crippen LogP contribution in [0.5, 0.6) is 0 Å². The van der Waals surface area contributed by atoms with E-state index in [2.05, 4.69) is 10.2 Å². The van der Waals surface area contributed by atoms with E-state index >= 15 is 0 Å². The minimum Gasteiger partial charge on any atom is -0.396 e. The maximum Gasteiger partial charge on any atom is 0.241 e. The van der Waals surface area contributed by atoms with Gasteiger partial charge in [-0.2, -0.15) is 0 Å². The van der Waals surface area contributed by atoms with Gasteiger partial charge < -0.3 is 10.4 Å². The van der Waals surface area contributed by atoms with Crippen LogP contribution < -0.4 is 5.32 Å². The van der Waals surface area contributed by atoms with Crippen LogP contribution in [0.4, 0.5) is 5.69 Å². The Morgan fingerprint density at radius 2 is 2.15 bits per heavy atom. The standard InChI is InChI=1S/C16H24N2O2/c1-12-4-3-5-15(10-12)17-16(20)13(2)18-8-6-14(11-19)7-9-18/h3-5,10,13-14,19H,6-9,11H2,1-2H3,(H,17,20). The van der Waals surface area contributed by atoms with Crippen LogP contribution in [0.15, 0.2) is 24.3 Å². The third-order valence-corrected chi connectivity index (χ3v) is 4.12. The molecule has 110 valence electrons. The minimum atomic E-state index is -0.129. The molecule has 1 saturated heterocycles. The van der Waals surface area contributed by atoms with Gasteiger partial charge in [0.05, 0.1) is 6.04 Å². The number of aliphatic hydroxyl groups excluding tert-OH is 1. The molecule has 0 spiro atoms. The largest absolute Gasteiger partial charge is 0.396 e. The molecule has 0 radical (unpaired) electrons. The number of piperidine rings is 1. The zero-order valence-electron chi connectivity index (χ0n) is 12.3. The summed E-state index contributed by atoms with van der Waals surface area (Å²) in [6.45, 7) is 5.99. The van der Waals surface area contributed by atoms with E-state index in [1.54, 1.807) is 0 Å². The number of anilines is 1. The number of nitrogens with zero attached hydrogens (tertiary/aromatic N) is 1. The normalized spacial score (nSPS) is 18.8. The average molecular weight is 276 g/mol. The summed E-state index contributed by atoms with van der Waals surface area (Å²) in [7, 11) is 0. The number of benzene rings is 1. The van der Waals surface area contributed by atoms with Gasteiger partial charge in [0.15, 0.2) is 0 Å². The highest BCUT2D eigenvalue weighted by molar-refractivity contribution is 5.94. The van der Waals surface area contributed by atoms with Crippen molar-refractivity contribution < 1.29 is 9.90 Å². The Morgan fingerprint density at radius 1 is 1.45 bits per heavy atom. The second-order valence-corrected chi connectivity index (χ2v) is 5.70. The number of rotatable bonds is 4. The molecular weight excluding hydrogens is 252 g/mol. The molecule has 0 aliphatic carbocycles. The molecule has 1 aliphatic heterocycles. The molecule has 1 amide bonds. The van der Waals surface area contributed by atoms with Crippen LogP contribution in [0, 0.1) is 12.8 Å². The molecule has 2 rings (SSSR count). The lowest BCUT2D eigenvalue weighted by Gasteiger charge is -2.34. The molecule has 2 N–H and O–H groups in total. The van der Waals surface area contributed by atoms with Crippen molar-refractivity contribution in [2.24, 2.45) is 5.92 Å². The Labute approximate surface area is 120 Å². The van der Waals surface area contributed by atoms with Crippen LogP contribution >= 0.6 is 0 Å². The summed E-state index contributed by atoms with van der Waals surface area (Å²) in [5.41, 5.74) is 1.99. The highest BCUT2D eigenvalue weighted by Crippen LogP contribution is 2.19. The zero-order chi connectivity index (χ0) is 14.5. The fourth-order valence-corrected chi connectivity index (χ4v) is 2.66. The third kappa shape index (κ3) is 3.81. The van der Waals surface area contributed by atoms with Gasteiger partial charge in [0, 0.05) is 12.3 Å². The van der Waals surface area contributed by atoms with E-state index in [0.717, 1.165) is 37.2 Å². The molecule has 0 saturated carbocycles. The van der Waals surface area contributed by atoms with Crippen molar-refractivity contribution in [1.29, 1.82) is 0 Å². The first-order valence-electron chi connectivity index (χ1n) is 7.32. The highest BCUT2D eigenvalue weighted by Gasteiger charge is 2.26. The van der Waals surface area contributed by atoms with Gasteiger partial charge in [0.2, 0.25) is 5.91 Å². The van der Waals surface area contributed by atoms with Crippen LogP contribution in [-0.4, -0.2) is 41.7 Å². The maximum atomic E-state index is 12.3. The Bertz CT molecular complexity index is 454. The first kappa shape index (κ1) is 15.0.